The highest BCUT2D eigenvalue weighted by atomic mass is 16.6. The Bertz CT molecular complexity index is 235. The van der Waals surface area contributed by atoms with Crippen LogP contribution in [0.4, 0.5) is 0 Å². The summed E-state index contributed by atoms with van der Waals surface area (Å²) in [5, 5.41) is 3.24. The molecule has 0 aromatic heterocycles. The quantitative estimate of drug-likeness (QED) is 0.742. The van der Waals surface area contributed by atoms with Gasteiger partial charge in [-0.3, -0.25) is 4.79 Å². The van der Waals surface area contributed by atoms with Crippen LogP contribution in [0.3, 0.4) is 0 Å². The highest BCUT2D eigenvalue weighted by Crippen LogP contribution is 2.13. The van der Waals surface area contributed by atoms with Crippen molar-refractivity contribution in [2.45, 2.75) is 45.8 Å². The fraction of sp³-hybridized carbons (Fsp3) is 0.917. The van der Waals surface area contributed by atoms with Gasteiger partial charge in [0.05, 0.1) is 13.2 Å². The molecule has 94 valence electrons. The van der Waals surface area contributed by atoms with E-state index in [4.69, 9.17) is 9.47 Å². The third-order valence-electron chi connectivity index (χ3n) is 2.57. The van der Waals surface area contributed by atoms with E-state index in [0.29, 0.717) is 12.0 Å². The Morgan fingerprint density at radius 1 is 1.50 bits per heavy atom. The Hall–Kier alpha value is -0.610. The molecule has 0 amide bonds. The van der Waals surface area contributed by atoms with E-state index in [-0.39, 0.29) is 12.5 Å². The first kappa shape index (κ1) is 13.5. The molecule has 1 saturated heterocycles. The Morgan fingerprint density at radius 2 is 2.19 bits per heavy atom. The fourth-order valence-corrected chi connectivity index (χ4v) is 1.78. The molecule has 0 bridgehead atoms. The molecule has 1 fully saturated rings. The van der Waals surface area contributed by atoms with Crippen molar-refractivity contribution in [3.05, 3.63) is 0 Å². The zero-order valence-electron chi connectivity index (χ0n) is 10.7. The van der Waals surface area contributed by atoms with Gasteiger partial charge in [0.2, 0.25) is 0 Å². The maximum atomic E-state index is 11.5. The van der Waals surface area contributed by atoms with Crippen molar-refractivity contribution in [3.63, 3.8) is 0 Å². The second kappa shape index (κ2) is 5.64. The van der Waals surface area contributed by atoms with Gasteiger partial charge in [-0.2, -0.15) is 0 Å². The molecule has 0 aliphatic carbocycles. The molecule has 0 radical (unpaired) electrons. The topological polar surface area (TPSA) is 47.6 Å². The number of nitrogens with one attached hydrogen (secondary N) is 1. The van der Waals surface area contributed by atoms with E-state index >= 15 is 0 Å². The van der Waals surface area contributed by atoms with E-state index in [1.807, 2.05) is 20.8 Å². The summed E-state index contributed by atoms with van der Waals surface area (Å²) >= 11 is 0. The highest BCUT2D eigenvalue weighted by molar-refractivity contribution is 5.72. The third-order valence-corrected chi connectivity index (χ3v) is 2.57. The summed E-state index contributed by atoms with van der Waals surface area (Å²) in [6.45, 7) is 9.59. The minimum absolute atomic E-state index is 0.189. The second-order valence-electron chi connectivity index (χ2n) is 5.41. The zero-order chi connectivity index (χ0) is 12.2. The van der Waals surface area contributed by atoms with Gasteiger partial charge in [-0.25, -0.2) is 0 Å². The smallest absolute Gasteiger partial charge is 0.320 e. The Morgan fingerprint density at radius 3 is 2.75 bits per heavy atom. The molecular weight excluding hydrogens is 206 g/mol. The standard InChI is InChI=1S/C12H23NO3/c1-9-8-15-6-5-10(9)13-7-11(14)16-12(2,3)4/h9-10,13H,5-8H2,1-4H3/t9-,10-/m0/s1. The molecule has 1 aliphatic rings. The monoisotopic (exact) mass is 229 g/mol. The first-order valence-electron chi connectivity index (χ1n) is 5.91. The maximum Gasteiger partial charge on any atom is 0.320 e. The number of carbonyl (C=O) groups is 1. The van der Waals surface area contributed by atoms with Crippen LogP contribution in [0.15, 0.2) is 0 Å². The lowest BCUT2D eigenvalue weighted by Crippen LogP contribution is -2.44. The molecule has 1 N–H and O–H groups in total. The van der Waals surface area contributed by atoms with Crippen LogP contribution in [-0.2, 0) is 14.3 Å². The summed E-state index contributed by atoms with van der Waals surface area (Å²) in [4.78, 5) is 11.5. The third kappa shape index (κ3) is 4.94. The summed E-state index contributed by atoms with van der Waals surface area (Å²) in [7, 11) is 0. The Kier molecular flexibility index (Phi) is 4.74. The summed E-state index contributed by atoms with van der Waals surface area (Å²) < 4.78 is 10.6. The minimum Gasteiger partial charge on any atom is -0.459 e. The average Bonchev–Trinajstić information content (AvgIpc) is 2.14. The number of hydrogen-bond donors (Lipinski definition) is 1. The number of carbonyl (C=O) groups excluding carboxylic acids is 1. The van der Waals surface area contributed by atoms with Crippen molar-refractivity contribution in [3.8, 4) is 0 Å². The lowest BCUT2D eigenvalue weighted by atomic mass is 9.98. The zero-order valence-corrected chi connectivity index (χ0v) is 10.7. The van der Waals surface area contributed by atoms with Gasteiger partial charge in [0, 0.05) is 12.6 Å². The number of ether oxygens (including phenoxy) is 2. The van der Waals surface area contributed by atoms with Crippen molar-refractivity contribution < 1.29 is 14.3 Å². The van der Waals surface area contributed by atoms with E-state index in [1.165, 1.54) is 0 Å². The van der Waals surface area contributed by atoms with E-state index in [2.05, 4.69) is 12.2 Å². The van der Waals surface area contributed by atoms with Crippen LogP contribution in [0, 0.1) is 5.92 Å². The predicted molar refractivity (Wildman–Crippen MR) is 62.2 cm³/mol. The van der Waals surface area contributed by atoms with Crippen molar-refractivity contribution in [2.75, 3.05) is 19.8 Å². The van der Waals surface area contributed by atoms with Gasteiger partial charge in [0.25, 0.3) is 0 Å². The minimum atomic E-state index is -0.403. The summed E-state index contributed by atoms with van der Waals surface area (Å²) in [6.07, 6.45) is 0.962. The second-order valence-corrected chi connectivity index (χ2v) is 5.41. The first-order valence-corrected chi connectivity index (χ1v) is 5.91. The lowest BCUT2D eigenvalue weighted by molar-refractivity contribution is -0.154. The summed E-state index contributed by atoms with van der Waals surface area (Å²) in [6, 6.07) is 0.362. The number of hydrogen-bond acceptors (Lipinski definition) is 4. The van der Waals surface area contributed by atoms with Crippen molar-refractivity contribution in [2.24, 2.45) is 5.92 Å². The van der Waals surface area contributed by atoms with Crippen molar-refractivity contribution in [1.82, 2.24) is 5.32 Å². The average molecular weight is 229 g/mol. The largest absolute Gasteiger partial charge is 0.459 e. The maximum absolute atomic E-state index is 11.5. The molecule has 16 heavy (non-hydrogen) atoms. The molecular formula is C12H23NO3. The predicted octanol–water partition coefficient (Wildman–Crippen LogP) is 1.34. The van der Waals surface area contributed by atoms with Crippen LogP contribution in [0.25, 0.3) is 0 Å². The van der Waals surface area contributed by atoms with Crippen LogP contribution >= 0.6 is 0 Å². The summed E-state index contributed by atoms with van der Waals surface area (Å²) in [5.74, 6) is 0.266. The number of esters is 1. The molecule has 2 atom stereocenters. The van der Waals surface area contributed by atoms with E-state index in [0.717, 1.165) is 19.6 Å². The normalized spacial score (nSPS) is 26.5. The summed E-state index contributed by atoms with van der Waals surface area (Å²) in [5.41, 5.74) is -0.403. The highest BCUT2D eigenvalue weighted by Gasteiger charge is 2.23. The van der Waals surface area contributed by atoms with Gasteiger partial charge >= 0.3 is 5.97 Å². The fourth-order valence-electron chi connectivity index (χ4n) is 1.78. The van der Waals surface area contributed by atoms with Crippen LogP contribution in [0.5, 0.6) is 0 Å². The molecule has 0 saturated carbocycles. The van der Waals surface area contributed by atoms with Gasteiger partial charge in [0.15, 0.2) is 0 Å². The van der Waals surface area contributed by atoms with Gasteiger partial charge in [-0.05, 0) is 33.1 Å². The Balaban J connectivity index is 2.25. The van der Waals surface area contributed by atoms with Gasteiger partial charge in [-0.15, -0.1) is 0 Å². The SMILES string of the molecule is C[C@H]1COCC[C@@H]1NCC(=O)OC(C)(C)C. The van der Waals surface area contributed by atoms with E-state index < -0.39 is 5.60 Å². The van der Waals surface area contributed by atoms with Crippen LogP contribution < -0.4 is 5.32 Å². The lowest BCUT2D eigenvalue weighted by Gasteiger charge is -2.29. The van der Waals surface area contributed by atoms with Gasteiger partial charge in [-0.1, -0.05) is 6.92 Å². The molecule has 0 spiro atoms. The van der Waals surface area contributed by atoms with E-state index in [9.17, 15) is 4.79 Å². The van der Waals surface area contributed by atoms with Gasteiger partial charge in [0.1, 0.15) is 5.60 Å². The van der Waals surface area contributed by atoms with Crippen LogP contribution in [-0.4, -0.2) is 37.4 Å². The van der Waals surface area contributed by atoms with Gasteiger partial charge < -0.3 is 14.8 Å². The number of rotatable bonds is 3. The van der Waals surface area contributed by atoms with Crippen molar-refractivity contribution in [1.29, 1.82) is 0 Å². The van der Waals surface area contributed by atoms with E-state index in [1.54, 1.807) is 0 Å². The van der Waals surface area contributed by atoms with Crippen molar-refractivity contribution >= 4 is 5.97 Å². The molecule has 1 heterocycles. The van der Waals surface area contributed by atoms with Crippen LogP contribution in [0.1, 0.15) is 34.1 Å². The molecule has 4 nitrogen and oxygen atoms in total. The molecule has 1 aliphatic heterocycles. The molecule has 0 aromatic carbocycles. The molecule has 0 unspecified atom stereocenters. The Labute approximate surface area is 97.7 Å². The molecule has 4 heteroatoms. The molecule has 0 aromatic rings. The first-order chi connectivity index (χ1) is 7.38. The van der Waals surface area contributed by atoms with Crippen LogP contribution in [0.2, 0.25) is 0 Å². The molecule has 1 rings (SSSR count).